The van der Waals surface area contributed by atoms with E-state index in [2.05, 4.69) is 12.2 Å². The Labute approximate surface area is 115 Å². The summed E-state index contributed by atoms with van der Waals surface area (Å²) in [6, 6.07) is 7.41. The van der Waals surface area contributed by atoms with Crippen molar-refractivity contribution in [3.05, 3.63) is 24.3 Å². The molecule has 106 valence electrons. The van der Waals surface area contributed by atoms with Gasteiger partial charge in [-0.05, 0) is 32.4 Å². The average Bonchev–Trinajstić information content (AvgIpc) is 2.39. The van der Waals surface area contributed by atoms with E-state index in [0.29, 0.717) is 11.5 Å². The van der Waals surface area contributed by atoms with E-state index >= 15 is 0 Å². The molecule has 1 aromatic rings. The zero-order valence-electron chi connectivity index (χ0n) is 12.1. The number of amides is 1. The molecule has 0 saturated heterocycles. The van der Waals surface area contributed by atoms with E-state index in [9.17, 15) is 4.79 Å². The molecule has 4 nitrogen and oxygen atoms in total. The first-order valence-corrected chi connectivity index (χ1v) is 6.68. The third-order valence-corrected chi connectivity index (χ3v) is 2.83. The maximum atomic E-state index is 11.9. The van der Waals surface area contributed by atoms with Gasteiger partial charge in [-0.1, -0.05) is 19.4 Å². The predicted molar refractivity (Wildman–Crippen MR) is 75.6 cm³/mol. The lowest BCUT2D eigenvalue weighted by molar-refractivity contribution is -0.127. The SMILES string of the molecule is CCCC(C)NC(=O)C(C)Oc1cccc(OC)c1. The fourth-order valence-corrected chi connectivity index (χ4v) is 1.80. The highest BCUT2D eigenvalue weighted by Gasteiger charge is 2.16. The van der Waals surface area contributed by atoms with Gasteiger partial charge in [0.1, 0.15) is 11.5 Å². The van der Waals surface area contributed by atoms with E-state index in [1.54, 1.807) is 20.1 Å². The summed E-state index contributed by atoms with van der Waals surface area (Å²) in [5, 5.41) is 2.93. The van der Waals surface area contributed by atoms with Crippen LogP contribution in [0.15, 0.2) is 24.3 Å². The standard InChI is InChI=1S/C15H23NO3/c1-5-7-11(2)16-15(17)12(3)19-14-9-6-8-13(10-14)18-4/h6,8-12H,5,7H2,1-4H3,(H,16,17). The van der Waals surface area contributed by atoms with E-state index in [1.165, 1.54) is 0 Å². The largest absolute Gasteiger partial charge is 0.497 e. The summed E-state index contributed by atoms with van der Waals surface area (Å²) in [4.78, 5) is 11.9. The second-order valence-corrected chi connectivity index (χ2v) is 4.64. The molecule has 0 aliphatic heterocycles. The van der Waals surface area contributed by atoms with Gasteiger partial charge in [0.2, 0.25) is 0 Å². The van der Waals surface area contributed by atoms with Crippen molar-refractivity contribution < 1.29 is 14.3 Å². The average molecular weight is 265 g/mol. The first-order valence-electron chi connectivity index (χ1n) is 6.68. The number of hydrogen-bond donors (Lipinski definition) is 1. The van der Waals surface area contributed by atoms with Gasteiger partial charge in [0.25, 0.3) is 5.91 Å². The monoisotopic (exact) mass is 265 g/mol. The fourth-order valence-electron chi connectivity index (χ4n) is 1.80. The highest BCUT2D eigenvalue weighted by molar-refractivity contribution is 5.80. The van der Waals surface area contributed by atoms with Crippen LogP contribution in [0.4, 0.5) is 0 Å². The molecule has 2 unspecified atom stereocenters. The van der Waals surface area contributed by atoms with Crippen molar-refractivity contribution >= 4 is 5.91 Å². The van der Waals surface area contributed by atoms with Crippen molar-refractivity contribution in [2.75, 3.05) is 7.11 Å². The molecule has 0 saturated carbocycles. The molecule has 0 bridgehead atoms. The van der Waals surface area contributed by atoms with Gasteiger partial charge in [0.05, 0.1) is 7.11 Å². The lowest BCUT2D eigenvalue weighted by Crippen LogP contribution is -2.41. The first-order chi connectivity index (χ1) is 9.06. The van der Waals surface area contributed by atoms with Crippen LogP contribution in [0.5, 0.6) is 11.5 Å². The number of carbonyl (C=O) groups excluding carboxylic acids is 1. The molecule has 19 heavy (non-hydrogen) atoms. The van der Waals surface area contributed by atoms with Gasteiger partial charge in [0, 0.05) is 12.1 Å². The lowest BCUT2D eigenvalue weighted by Gasteiger charge is -2.18. The molecule has 1 aromatic carbocycles. The van der Waals surface area contributed by atoms with Gasteiger partial charge >= 0.3 is 0 Å². The van der Waals surface area contributed by atoms with Gasteiger partial charge in [0.15, 0.2) is 6.10 Å². The van der Waals surface area contributed by atoms with E-state index in [0.717, 1.165) is 12.8 Å². The van der Waals surface area contributed by atoms with Crippen molar-refractivity contribution in [3.8, 4) is 11.5 Å². The van der Waals surface area contributed by atoms with Crippen LogP contribution >= 0.6 is 0 Å². The van der Waals surface area contributed by atoms with Crippen molar-refractivity contribution in [2.45, 2.75) is 45.8 Å². The summed E-state index contributed by atoms with van der Waals surface area (Å²) >= 11 is 0. The molecule has 0 heterocycles. The topological polar surface area (TPSA) is 47.6 Å². The predicted octanol–water partition coefficient (Wildman–Crippen LogP) is 2.77. The maximum Gasteiger partial charge on any atom is 0.260 e. The Morgan fingerprint density at radius 1 is 1.32 bits per heavy atom. The van der Waals surface area contributed by atoms with Crippen LogP contribution in [-0.2, 0) is 4.79 Å². The minimum Gasteiger partial charge on any atom is -0.497 e. The van der Waals surface area contributed by atoms with Crippen LogP contribution in [0, 0.1) is 0 Å². The summed E-state index contributed by atoms with van der Waals surface area (Å²) in [6.45, 7) is 5.84. The zero-order chi connectivity index (χ0) is 14.3. The smallest absolute Gasteiger partial charge is 0.260 e. The van der Waals surface area contributed by atoms with Crippen molar-refractivity contribution in [2.24, 2.45) is 0 Å². The van der Waals surface area contributed by atoms with E-state index in [-0.39, 0.29) is 11.9 Å². The maximum absolute atomic E-state index is 11.9. The highest BCUT2D eigenvalue weighted by Crippen LogP contribution is 2.19. The summed E-state index contributed by atoms with van der Waals surface area (Å²) in [5.41, 5.74) is 0. The van der Waals surface area contributed by atoms with Gasteiger partial charge in [-0.2, -0.15) is 0 Å². The number of hydrogen-bond acceptors (Lipinski definition) is 3. The molecule has 1 N–H and O–H groups in total. The molecular formula is C15H23NO3. The Bertz CT molecular complexity index is 406. The molecule has 1 amide bonds. The Hall–Kier alpha value is -1.71. The summed E-state index contributed by atoms with van der Waals surface area (Å²) < 4.78 is 10.7. The molecule has 0 radical (unpaired) electrons. The van der Waals surface area contributed by atoms with Gasteiger partial charge in [-0.25, -0.2) is 0 Å². The van der Waals surface area contributed by atoms with Crippen LogP contribution in [0.1, 0.15) is 33.6 Å². The quantitative estimate of drug-likeness (QED) is 0.824. The number of rotatable bonds is 7. The Morgan fingerprint density at radius 3 is 2.63 bits per heavy atom. The second kappa shape index (κ2) is 7.67. The Morgan fingerprint density at radius 2 is 2.00 bits per heavy atom. The molecule has 0 aliphatic rings. The van der Waals surface area contributed by atoms with E-state index in [4.69, 9.17) is 9.47 Å². The summed E-state index contributed by atoms with van der Waals surface area (Å²) in [5.74, 6) is 1.25. The van der Waals surface area contributed by atoms with Crippen LogP contribution in [0.25, 0.3) is 0 Å². The van der Waals surface area contributed by atoms with Crippen molar-refractivity contribution in [1.82, 2.24) is 5.32 Å². The van der Waals surface area contributed by atoms with Crippen LogP contribution < -0.4 is 14.8 Å². The van der Waals surface area contributed by atoms with Crippen LogP contribution in [0.3, 0.4) is 0 Å². The molecule has 1 rings (SSSR count). The van der Waals surface area contributed by atoms with E-state index < -0.39 is 6.10 Å². The third-order valence-electron chi connectivity index (χ3n) is 2.83. The van der Waals surface area contributed by atoms with Gasteiger partial charge in [-0.15, -0.1) is 0 Å². The number of ether oxygens (including phenoxy) is 2. The lowest BCUT2D eigenvalue weighted by atomic mass is 10.2. The molecular weight excluding hydrogens is 242 g/mol. The first kappa shape index (κ1) is 15.3. The number of benzene rings is 1. The molecule has 4 heteroatoms. The molecule has 2 atom stereocenters. The normalized spacial score (nSPS) is 13.5. The highest BCUT2D eigenvalue weighted by atomic mass is 16.5. The molecule has 0 aliphatic carbocycles. The van der Waals surface area contributed by atoms with Crippen LogP contribution in [0.2, 0.25) is 0 Å². The zero-order valence-corrected chi connectivity index (χ0v) is 12.1. The van der Waals surface area contributed by atoms with Gasteiger partial charge < -0.3 is 14.8 Å². The minimum atomic E-state index is -0.522. The number of carbonyl (C=O) groups is 1. The summed E-state index contributed by atoms with van der Waals surface area (Å²) in [6.07, 6.45) is 1.50. The van der Waals surface area contributed by atoms with Crippen molar-refractivity contribution in [1.29, 1.82) is 0 Å². The fraction of sp³-hybridized carbons (Fsp3) is 0.533. The number of methoxy groups -OCH3 is 1. The molecule has 0 spiro atoms. The summed E-state index contributed by atoms with van der Waals surface area (Å²) in [7, 11) is 1.60. The van der Waals surface area contributed by atoms with Gasteiger partial charge in [-0.3, -0.25) is 4.79 Å². The van der Waals surface area contributed by atoms with Crippen molar-refractivity contribution in [3.63, 3.8) is 0 Å². The Balaban J connectivity index is 2.53. The third kappa shape index (κ3) is 5.20. The second-order valence-electron chi connectivity index (χ2n) is 4.64. The van der Waals surface area contributed by atoms with Crippen LogP contribution in [-0.4, -0.2) is 25.2 Å². The molecule has 0 fully saturated rings. The minimum absolute atomic E-state index is 0.0937. The number of nitrogens with one attached hydrogen (secondary N) is 1. The van der Waals surface area contributed by atoms with E-state index in [1.807, 2.05) is 25.1 Å². The Kier molecular flexibility index (Phi) is 6.19. The molecule has 0 aromatic heterocycles.